The molecule has 2 aromatic rings. The number of nitrogens with zero attached hydrogens (tertiary/aromatic N) is 1. The van der Waals surface area contributed by atoms with Crippen molar-refractivity contribution in [2.75, 3.05) is 7.11 Å². The zero-order valence-electron chi connectivity index (χ0n) is 14.5. The van der Waals surface area contributed by atoms with Gasteiger partial charge in [0.2, 0.25) is 5.78 Å². The molecule has 1 atom stereocenters. The minimum Gasteiger partial charge on any atom is -0.479 e. The highest BCUT2D eigenvalue weighted by atomic mass is 16.6. The molecule has 0 saturated carbocycles. The van der Waals surface area contributed by atoms with Crippen LogP contribution in [0.1, 0.15) is 22.8 Å². The standard InChI is InChI=1S/C19H15NO7/c1-11(19(22)25-2)26-14-6-7-15-16(10-14)27-17(18(15)21)9-12-4-3-5-13(8-12)20(23)24/h3-11H,1-2H3/b17-9-. The second kappa shape index (κ2) is 7.28. The van der Waals surface area contributed by atoms with E-state index in [1.165, 1.54) is 43.5 Å². The zero-order valence-corrected chi connectivity index (χ0v) is 14.5. The predicted molar refractivity (Wildman–Crippen MR) is 94.6 cm³/mol. The van der Waals surface area contributed by atoms with E-state index in [2.05, 4.69) is 4.74 Å². The number of rotatable bonds is 5. The van der Waals surface area contributed by atoms with E-state index in [0.717, 1.165) is 0 Å². The van der Waals surface area contributed by atoms with Crippen LogP contribution < -0.4 is 9.47 Å². The zero-order chi connectivity index (χ0) is 19.6. The Morgan fingerprint density at radius 3 is 2.74 bits per heavy atom. The van der Waals surface area contributed by atoms with Crippen molar-refractivity contribution in [3.63, 3.8) is 0 Å². The molecule has 0 spiro atoms. The van der Waals surface area contributed by atoms with E-state index in [4.69, 9.17) is 9.47 Å². The van der Waals surface area contributed by atoms with Crippen LogP contribution in [0, 0.1) is 10.1 Å². The summed E-state index contributed by atoms with van der Waals surface area (Å²) in [5.41, 5.74) is 0.723. The summed E-state index contributed by atoms with van der Waals surface area (Å²) in [7, 11) is 1.26. The maximum Gasteiger partial charge on any atom is 0.346 e. The Morgan fingerprint density at radius 1 is 1.26 bits per heavy atom. The predicted octanol–water partition coefficient (Wildman–Crippen LogP) is 3.15. The Morgan fingerprint density at radius 2 is 2.04 bits per heavy atom. The van der Waals surface area contributed by atoms with Crippen LogP contribution in [0.4, 0.5) is 5.69 Å². The number of non-ortho nitro benzene ring substituents is 1. The molecular weight excluding hydrogens is 354 g/mol. The lowest BCUT2D eigenvalue weighted by Gasteiger charge is -2.12. The van der Waals surface area contributed by atoms with Crippen LogP contribution in [-0.2, 0) is 9.53 Å². The van der Waals surface area contributed by atoms with Crippen LogP contribution in [0.25, 0.3) is 6.08 Å². The number of benzene rings is 2. The summed E-state index contributed by atoms with van der Waals surface area (Å²) in [6, 6.07) is 10.4. The summed E-state index contributed by atoms with van der Waals surface area (Å²) >= 11 is 0. The van der Waals surface area contributed by atoms with Gasteiger partial charge in [0.1, 0.15) is 11.5 Å². The molecule has 0 aromatic heterocycles. The number of esters is 1. The van der Waals surface area contributed by atoms with E-state index in [1.807, 2.05) is 0 Å². The molecule has 8 heteroatoms. The average Bonchev–Trinajstić information content (AvgIpc) is 2.96. The fraction of sp³-hybridized carbons (Fsp3) is 0.158. The van der Waals surface area contributed by atoms with E-state index in [-0.39, 0.29) is 23.0 Å². The van der Waals surface area contributed by atoms with Gasteiger partial charge in [0.25, 0.3) is 5.69 Å². The van der Waals surface area contributed by atoms with Gasteiger partial charge in [0.15, 0.2) is 11.9 Å². The third-order valence-corrected chi connectivity index (χ3v) is 3.87. The Kier molecular flexibility index (Phi) is 4.89. The topological polar surface area (TPSA) is 105 Å². The average molecular weight is 369 g/mol. The van der Waals surface area contributed by atoms with Crippen molar-refractivity contribution in [1.82, 2.24) is 0 Å². The monoisotopic (exact) mass is 369 g/mol. The minimum atomic E-state index is -0.815. The number of carbonyl (C=O) groups excluding carboxylic acids is 2. The smallest absolute Gasteiger partial charge is 0.346 e. The fourth-order valence-electron chi connectivity index (χ4n) is 2.54. The molecule has 0 amide bonds. The second-order valence-corrected chi connectivity index (χ2v) is 5.73. The van der Waals surface area contributed by atoms with Crippen molar-refractivity contribution >= 4 is 23.5 Å². The van der Waals surface area contributed by atoms with E-state index in [1.54, 1.807) is 19.1 Å². The number of nitro benzene ring substituents is 1. The highest BCUT2D eigenvalue weighted by Crippen LogP contribution is 2.35. The van der Waals surface area contributed by atoms with Crippen molar-refractivity contribution in [2.24, 2.45) is 0 Å². The molecule has 0 N–H and O–H groups in total. The molecule has 1 unspecified atom stereocenters. The molecule has 3 rings (SSSR count). The molecule has 27 heavy (non-hydrogen) atoms. The molecule has 8 nitrogen and oxygen atoms in total. The summed E-state index contributed by atoms with van der Waals surface area (Å²) in [4.78, 5) is 34.3. The lowest BCUT2D eigenvalue weighted by Crippen LogP contribution is -2.24. The van der Waals surface area contributed by atoms with Crippen molar-refractivity contribution in [3.8, 4) is 11.5 Å². The van der Waals surface area contributed by atoms with Gasteiger partial charge >= 0.3 is 5.97 Å². The van der Waals surface area contributed by atoms with Gasteiger partial charge in [-0.1, -0.05) is 12.1 Å². The first-order chi connectivity index (χ1) is 12.9. The van der Waals surface area contributed by atoms with Crippen LogP contribution in [-0.4, -0.2) is 29.9 Å². The second-order valence-electron chi connectivity index (χ2n) is 5.73. The molecule has 0 bridgehead atoms. The first-order valence-corrected chi connectivity index (χ1v) is 7.96. The maximum atomic E-state index is 12.5. The van der Waals surface area contributed by atoms with Gasteiger partial charge in [-0.05, 0) is 30.7 Å². The molecule has 1 heterocycles. The molecule has 0 radical (unpaired) electrons. The highest BCUT2D eigenvalue weighted by Gasteiger charge is 2.28. The SMILES string of the molecule is COC(=O)C(C)Oc1ccc2c(c1)O/C(=C\c1cccc([N+](=O)[O-])c1)C2=O. The molecular formula is C19H15NO7. The Labute approximate surface area is 154 Å². The molecule has 0 aliphatic carbocycles. The number of carbonyl (C=O) groups is 2. The van der Waals surface area contributed by atoms with Crippen LogP contribution in [0.3, 0.4) is 0 Å². The largest absolute Gasteiger partial charge is 0.479 e. The quantitative estimate of drug-likeness (QED) is 0.345. The number of allylic oxidation sites excluding steroid dienone is 1. The number of ketones is 1. The van der Waals surface area contributed by atoms with Crippen LogP contribution in [0.15, 0.2) is 48.2 Å². The molecule has 2 aromatic carbocycles. The molecule has 1 aliphatic heterocycles. The first kappa shape index (κ1) is 18.1. The number of fused-ring (bicyclic) bond motifs is 1. The van der Waals surface area contributed by atoms with Gasteiger partial charge in [0.05, 0.1) is 17.6 Å². The highest BCUT2D eigenvalue weighted by molar-refractivity contribution is 6.14. The van der Waals surface area contributed by atoms with Gasteiger partial charge in [-0.2, -0.15) is 0 Å². The van der Waals surface area contributed by atoms with Crippen molar-refractivity contribution in [1.29, 1.82) is 0 Å². The van der Waals surface area contributed by atoms with Crippen LogP contribution >= 0.6 is 0 Å². The van der Waals surface area contributed by atoms with Crippen molar-refractivity contribution in [3.05, 3.63) is 69.5 Å². The summed E-state index contributed by atoms with van der Waals surface area (Å²) in [5, 5.41) is 10.9. The van der Waals surface area contributed by atoms with Crippen LogP contribution in [0.2, 0.25) is 0 Å². The summed E-state index contributed by atoms with van der Waals surface area (Å²) in [6.45, 7) is 1.54. The Hall–Kier alpha value is -3.68. The van der Waals surface area contributed by atoms with Gasteiger partial charge < -0.3 is 14.2 Å². The normalized spacial score (nSPS) is 15.0. The number of ether oxygens (including phenoxy) is 3. The van der Waals surface area contributed by atoms with Gasteiger partial charge in [-0.25, -0.2) is 4.79 Å². The summed E-state index contributed by atoms with van der Waals surface area (Å²) in [6.07, 6.45) is 0.623. The van der Waals surface area contributed by atoms with Crippen molar-refractivity contribution in [2.45, 2.75) is 13.0 Å². The first-order valence-electron chi connectivity index (χ1n) is 7.96. The third kappa shape index (κ3) is 3.79. The van der Waals surface area contributed by atoms with Gasteiger partial charge in [-0.15, -0.1) is 0 Å². The Balaban J connectivity index is 1.83. The van der Waals surface area contributed by atoms with Crippen LogP contribution in [0.5, 0.6) is 11.5 Å². The summed E-state index contributed by atoms with van der Waals surface area (Å²) < 4.78 is 15.6. The van der Waals surface area contributed by atoms with E-state index in [0.29, 0.717) is 16.9 Å². The Bertz CT molecular complexity index is 964. The number of methoxy groups -OCH3 is 1. The summed E-state index contributed by atoms with van der Waals surface area (Å²) in [5.74, 6) is -0.200. The minimum absolute atomic E-state index is 0.0451. The molecule has 0 saturated heterocycles. The van der Waals surface area contributed by atoms with E-state index in [9.17, 15) is 19.7 Å². The molecule has 1 aliphatic rings. The van der Waals surface area contributed by atoms with E-state index >= 15 is 0 Å². The maximum absolute atomic E-state index is 12.5. The third-order valence-electron chi connectivity index (χ3n) is 3.87. The van der Waals surface area contributed by atoms with Gasteiger partial charge in [0, 0.05) is 18.2 Å². The number of nitro groups is 1. The fourth-order valence-corrected chi connectivity index (χ4v) is 2.54. The number of hydrogen-bond donors (Lipinski definition) is 0. The van der Waals surface area contributed by atoms with E-state index < -0.39 is 17.0 Å². The number of Topliss-reactive ketones (excluding diaryl/α,β-unsaturated/α-hetero) is 1. The lowest BCUT2D eigenvalue weighted by atomic mass is 10.1. The molecule has 0 fully saturated rings. The lowest BCUT2D eigenvalue weighted by molar-refractivity contribution is -0.384. The number of hydrogen-bond acceptors (Lipinski definition) is 7. The molecule has 138 valence electrons. The van der Waals surface area contributed by atoms with Gasteiger partial charge in [-0.3, -0.25) is 14.9 Å². The van der Waals surface area contributed by atoms with Crippen molar-refractivity contribution < 1.29 is 28.7 Å².